The van der Waals surface area contributed by atoms with Crippen molar-refractivity contribution in [3.8, 4) is 22.5 Å². The number of anilines is 2. The number of amides is 2. The maximum Gasteiger partial charge on any atom is 0.412 e. The molecule has 9 heteroatoms. The maximum atomic E-state index is 14.7. The minimum atomic E-state index is -2.93. The van der Waals surface area contributed by atoms with Crippen LogP contribution < -0.4 is 10.6 Å². The van der Waals surface area contributed by atoms with E-state index in [0.29, 0.717) is 35.6 Å². The first-order valence-electron chi connectivity index (χ1n) is 14.3. The number of imidazole rings is 1. The van der Waals surface area contributed by atoms with Crippen LogP contribution in [0.3, 0.4) is 0 Å². The lowest BCUT2D eigenvalue weighted by Crippen LogP contribution is -2.27. The first-order chi connectivity index (χ1) is 20.2. The SMILES string of the molecule is Cc1cccc(C)c1-c1cc(NC(=O)OC(C)(C)C)cc(-c2nc(C(=O)Nc3cccc(C(F)(F)C4CC4)c3)c(C)[nH]2)c1. The number of alkyl halides is 2. The summed E-state index contributed by atoms with van der Waals surface area (Å²) >= 11 is 0. The molecule has 1 fully saturated rings. The van der Waals surface area contributed by atoms with Gasteiger partial charge in [0.2, 0.25) is 0 Å². The van der Waals surface area contributed by atoms with Crippen LogP contribution in [0.2, 0.25) is 0 Å². The Morgan fingerprint density at radius 3 is 2.19 bits per heavy atom. The van der Waals surface area contributed by atoms with E-state index in [1.165, 1.54) is 18.2 Å². The number of rotatable bonds is 7. The minimum Gasteiger partial charge on any atom is -0.444 e. The van der Waals surface area contributed by atoms with Gasteiger partial charge in [-0.05, 0) is 107 Å². The first kappa shape index (κ1) is 29.9. The van der Waals surface area contributed by atoms with Crippen LogP contribution in [0.4, 0.5) is 25.0 Å². The van der Waals surface area contributed by atoms with Crippen molar-refractivity contribution >= 4 is 23.4 Å². The largest absolute Gasteiger partial charge is 0.444 e. The Labute approximate surface area is 250 Å². The van der Waals surface area contributed by atoms with E-state index < -0.39 is 29.4 Å². The van der Waals surface area contributed by atoms with Gasteiger partial charge in [0.15, 0.2) is 0 Å². The molecule has 0 spiro atoms. The summed E-state index contributed by atoms with van der Waals surface area (Å²) in [6.45, 7) is 11.1. The highest BCUT2D eigenvalue weighted by molar-refractivity contribution is 6.04. The van der Waals surface area contributed by atoms with Gasteiger partial charge >= 0.3 is 6.09 Å². The van der Waals surface area contributed by atoms with Crippen LogP contribution in [0, 0.1) is 26.7 Å². The standard InChI is InChI=1S/C34H36F2N4O3/c1-19-9-7-10-20(2)28(19)22-15-23(17-27(16-22)39-32(42)43-33(4,5)6)30-37-21(3)29(40-30)31(41)38-26-12-8-11-25(18-26)34(35,36)24-13-14-24/h7-12,15-18,24H,13-14H2,1-6H3,(H,37,40)(H,38,41)(H,39,42). The van der Waals surface area contributed by atoms with Crippen molar-refractivity contribution in [3.63, 3.8) is 0 Å². The van der Waals surface area contributed by atoms with E-state index in [9.17, 15) is 18.4 Å². The fourth-order valence-corrected chi connectivity index (χ4v) is 5.17. The molecular formula is C34H36F2N4O3. The molecule has 224 valence electrons. The highest BCUT2D eigenvalue weighted by Gasteiger charge is 2.48. The number of nitrogens with zero attached hydrogens (tertiary/aromatic N) is 1. The van der Waals surface area contributed by atoms with Gasteiger partial charge in [0.25, 0.3) is 11.8 Å². The van der Waals surface area contributed by atoms with Gasteiger partial charge in [-0.1, -0.05) is 30.3 Å². The smallest absolute Gasteiger partial charge is 0.412 e. The molecule has 5 rings (SSSR count). The zero-order valence-electron chi connectivity index (χ0n) is 25.2. The van der Waals surface area contributed by atoms with Crippen LogP contribution >= 0.6 is 0 Å². The molecule has 3 N–H and O–H groups in total. The van der Waals surface area contributed by atoms with Gasteiger partial charge in [0.05, 0.1) is 0 Å². The third-order valence-electron chi connectivity index (χ3n) is 7.32. The normalized spacial score (nSPS) is 13.5. The number of hydrogen-bond acceptors (Lipinski definition) is 4. The van der Waals surface area contributed by atoms with Gasteiger partial charge in [-0.15, -0.1) is 0 Å². The molecule has 1 saturated carbocycles. The van der Waals surface area contributed by atoms with E-state index >= 15 is 0 Å². The van der Waals surface area contributed by atoms with Crippen LogP contribution in [0.5, 0.6) is 0 Å². The molecule has 1 heterocycles. The highest BCUT2D eigenvalue weighted by Crippen LogP contribution is 2.50. The summed E-state index contributed by atoms with van der Waals surface area (Å²) in [6, 6.07) is 17.4. The summed E-state index contributed by atoms with van der Waals surface area (Å²) < 4.78 is 34.8. The number of nitrogens with one attached hydrogen (secondary N) is 3. The highest BCUT2D eigenvalue weighted by atomic mass is 19.3. The van der Waals surface area contributed by atoms with E-state index in [2.05, 4.69) is 20.6 Å². The fourth-order valence-electron chi connectivity index (χ4n) is 5.17. The van der Waals surface area contributed by atoms with Gasteiger partial charge in [-0.2, -0.15) is 0 Å². The van der Waals surface area contributed by atoms with Crippen molar-refractivity contribution in [3.05, 3.63) is 88.7 Å². The minimum absolute atomic E-state index is 0.111. The van der Waals surface area contributed by atoms with Gasteiger partial charge < -0.3 is 15.0 Å². The number of halogens is 2. The molecule has 0 radical (unpaired) electrons. The zero-order chi connectivity index (χ0) is 31.1. The lowest BCUT2D eigenvalue weighted by Gasteiger charge is -2.20. The maximum absolute atomic E-state index is 14.7. The third-order valence-corrected chi connectivity index (χ3v) is 7.32. The summed E-state index contributed by atoms with van der Waals surface area (Å²) in [5.74, 6) is -3.69. The van der Waals surface area contributed by atoms with Crippen molar-refractivity contribution in [1.82, 2.24) is 9.97 Å². The van der Waals surface area contributed by atoms with Crippen molar-refractivity contribution < 1.29 is 23.1 Å². The molecule has 0 bridgehead atoms. The Bertz CT molecular complexity index is 1680. The Hall–Kier alpha value is -4.53. The van der Waals surface area contributed by atoms with Crippen molar-refractivity contribution in [2.24, 2.45) is 5.92 Å². The number of ether oxygens (including phenoxy) is 1. The summed E-state index contributed by atoms with van der Waals surface area (Å²) in [6.07, 6.45) is 0.402. The number of carbonyl (C=O) groups excluding carboxylic acids is 2. The third kappa shape index (κ3) is 6.77. The van der Waals surface area contributed by atoms with Gasteiger partial charge in [-0.3, -0.25) is 10.1 Å². The van der Waals surface area contributed by atoms with Gasteiger partial charge in [0.1, 0.15) is 17.1 Å². The van der Waals surface area contributed by atoms with E-state index in [1.807, 2.05) is 44.2 Å². The average molecular weight is 587 g/mol. The van der Waals surface area contributed by atoms with E-state index in [1.54, 1.807) is 39.8 Å². The quantitative estimate of drug-likeness (QED) is 0.202. The Kier molecular flexibility index (Phi) is 7.86. The molecule has 43 heavy (non-hydrogen) atoms. The molecule has 0 saturated heterocycles. The molecule has 1 aliphatic rings. The number of aromatic nitrogens is 2. The van der Waals surface area contributed by atoms with Crippen molar-refractivity contribution in [2.75, 3.05) is 10.6 Å². The van der Waals surface area contributed by atoms with Gasteiger partial charge in [-0.25, -0.2) is 18.6 Å². The number of benzene rings is 3. The molecule has 1 aromatic heterocycles. The number of hydrogen-bond donors (Lipinski definition) is 3. The number of aromatic amines is 1. The topological polar surface area (TPSA) is 96.1 Å². The molecule has 0 aliphatic heterocycles. The second-order valence-electron chi connectivity index (χ2n) is 12.2. The Morgan fingerprint density at radius 1 is 0.884 bits per heavy atom. The molecule has 1 aliphatic carbocycles. The molecule has 7 nitrogen and oxygen atoms in total. The summed E-state index contributed by atoms with van der Waals surface area (Å²) in [7, 11) is 0. The number of H-pyrrole nitrogens is 1. The fraction of sp³-hybridized carbons (Fsp3) is 0.324. The summed E-state index contributed by atoms with van der Waals surface area (Å²) in [5, 5.41) is 5.54. The van der Waals surface area contributed by atoms with Crippen LogP contribution in [-0.2, 0) is 10.7 Å². The average Bonchev–Trinajstić information content (AvgIpc) is 3.70. The first-order valence-corrected chi connectivity index (χ1v) is 14.3. The molecule has 4 aromatic rings. The molecule has 3 aromatic carbocycles. The van der Waals surface area contributed by atoms with Crippen LogP contribution in [-0.4, -0.2) is 27.6 Å². The molecular weight excluding hydrogens is 550 g/mol. The van der Waals surface area contributed by atoms with E-state index in [-0.39, 0.29) is 16.9 Å². The Morgan fingerprint density at radius 2 is 1.53 bits per heavy atom. The molecule has 0 atom stereocenters. The lowest BCUT2D eigenvalue weighted by atomic mass is 9.94. The predicted molar refractivity (Wildman–Crippen MR) is 165 cm³/mol. The summed E-state index contributed by atoms with van der Waals surface area (Å²) in [5.41, 5.74) is 5.25. The molecule has 0 unspecified atom stereocenters. The van der Waals surface area contributed by atoms with Crippen molar-refractivity contribution in [2.45, 2.75) is 65.9 Å². The second-order valence-corrected chi connectivity index (χ2v) is 12.2. The van der Waals surface area contributed by atoms with Crippen LogP contribution in [0.1, 0.15) is 66.5 Å². The number of aryl methyl sites for hydroxylation is 3. The predicted octanol–water partition coefficient (Wildman–Crippen LogP) is 8.77. The Balaban J connectivity index is 1.47. The van der Waals surface area contributed by atoms with E-state index in [4.69, 9.17) is 4.74 Å². The zero-order valence-corrected chi connectivity index (χ0v) is 25.2. The van der Waals surface area contributed by atoms with E-state index in [0.717, 1.165) is 22.3 Å². The lowest BCUT2D eigenvalue weighted by molar-refractivity contribution is -0.0285. The molecule has 2 amide bonds. The van der Waals surface area contributed by atoms with Crippen LogP contribution in [0.15, 0.2) is 60.7 Å². The van der Waals surface area contributed by atoms with Crippen LogP contribution in [0.25, 0.3) is 22.5 Å². The monoisotopic (exact) mass is 586 g/mol. The van der Waals surface area contributed by atoms with Crippen molar-refractivity contribution in [1.29, 1.82) is 0 Å². The second kappa shape index (κ2) is 11.3. The summed E-state index contributed by atoms with van der Waals surface area (Å²) in [4.78, 5) is 33.7. The number of carbonyl (C=O) groups is 2. The van der Waals surface area contributed by atoms with Gasteiger partial charge in [0, 0.05) is 34.1 Å².